The van der Waals surface area contributed by atoms with Crippen molar-refractivity contribution >= 4 is 28.2 Å². The van der Waals surface area contributed by atoms with Gasteiger partial charge in [0, 0.05) is 31.3 Å². The molecule has 8 heteroatoms. The van der Waals surface area contributed by atoms with Gasteiger partial charge in [0.05, 0.1) is 27.6 Å². The largest absolute Gasteiger partial charge is 0.373 e. The van der Waals surface area contributed by atoms with E-state index in [-0.39, 0.29) is 5.91 Å². The van der Waals surface area contributed by atoms with Crippen LogP contribution >= 0.6 is 11.3 Å². The van der Waals surface area contributed by atoms with Crippen LogP contribution in [0.1, 0.15) is 30.2 Å². The number of nitrogens with zero attached hydrogens (tertiary/aromatic N) is 4. The second-order valence-corrected chi connectivity index (χ2v) is 8.88. The van der Waals surface area contributed by atoms with E-state index in [9.17, 15) is 4.79 Å². The predicted molar refractivity (Wildman–Crippen MR) is 129 cm³/mol. The average molecular weight is 445 g/mol. The monoisotopic (exact) mass is 444 g/mol. The maximum atomic E-state index is 11.6. The lowest BCUT2D eigenvalue weighted by Gasteiger charge is -2.10. The molecule has 0 spiro atoms. The van der Waals surface area contributed by atoms with Gasteiger partial charge in [-0.1, -0.05) is 29.5 Å². The van der Waals surface area contributed by atoms with Gasteiger partial charge in [-0.15, -0.1) is 0 Å². The van der Waals surface area contributed by atoms with Crippen molar-refractivity contribution in [3.8, 4) is 27.5 Å². The molecule has 162 valence electrons. The second kappa shape index (κ2) is 8.20. The number of carbonyl (C=O) groups is 1. The van der Waals surface area contributed by atoms with Crippen molar-refractivity contribution in [1.29, 1.82) is 0 Å². The van der Waals surface area contributed by atoms with E-state index in [1.54, 1.807) is 0 Å². The number of hydrogen-bond donors (Lipinski definition) is 2. The molecule has 3 aromatic heterocycles. The highest BCUT2D eigenvalue weighted by Gasteiger charge is 2.28. The number of benzene rings is 1. The summed E-state index contributed by atoms with van der Waals surface area (Å²) in [6.07, 6.45) is 4.61. The van der Waals surface area contributed by atoms with Gasteiger partial charge in [0.2, 0.25) is 5.91 Å². The van der Waals surface area contributed by atoms with Gasteiger partial charge in [-0.05, 0) is 49.9 Å². The SMILES string of the molecule is CNc1ccc(-c2nn(-c3ccccc3C)c3c2CCCc2nc(NC(C)=O)sc2-3)cn1. The Labute approximate surface area is 190 Å². The Morgan fingerprint density at radius 1 is 1.16 bits per heavy atom. The fourth-order valence-corrected chi connectivity index (χ4v) is 5.27. The van der Waals surface area contributed by atoms with Crippen molar-refractivity contribution in [3.05, 3.63) is 59.4 Å². The van der Waals surface area contributed by atoms with Gasteiger partial charge in [-0.25, -0.2) is 14.6 Å². The van der Waals surface area contributed by atoms with Crippen molar-refractivity contribution in [2.45, 2.75) is 33.1 Å². The number of aryl methyl sites for hydroxylation is 2. The van der Waals surface area contributed by atoms with E-state index in [4.69, 9.17) is 10.1 Å². The zero-order chi connectivity index (χ0) is 22.2. The van der Waals surface area contributed by atoms with E-state index in [1.165, 1.54) is 23.8 Å². The summed E-state index contributed by atoms with van der Waals surface area (Å²) in [5, 5.41) is 11.7. The number of aromatic nitrogens is 4. The molecule has 2 N–H and O–H groups in total. The van der Waals surface area contributed by atoms with Crippen LogP contribution in [0, 0.1) is 6.92 Å². The minimum Gasteiger partial charge on any atom is -0.373 e. The molecule has 0 fully saturated rings. The number of rotatable bonds is 4. The van der Waals surface area contributed by atoms with E-state index in [0.717, 1.165) is 63.9 Å². The maximum Gasteiger partial charge on any atom is 0.223 e. The first-order valence-electron chi connectivity index (χ1n) is 10.6. The molecule has 7 nitrogen and oxygen atoms in total. The van der Waals surface area contributed by atoms with Crippen LogP contribution in [-0.2, 0) is 17.6 Å². The molecule has 0 bridgehead atoms. The predicted octanol–water partition coefficient (Wildman–Crippen LogP) is 4.86. The highest BCUT2D eigenvalue weighted by Crippen LogP contribution is 2.43. The van der Waals surface area contributed by atoms with Crippen LogP contribution in [0.15, 0.2) is 42.6 Å². The highest BCUT2D eigenvalue weighted by molar-refractivity contribution is 7.19. The fraction of sp³-hybridized carbons (Fsp3) is 0.250. The topological polar surface area (TPSA) is 84.7 Å². The lowest BCUT2D eigenvalue weighted by Crippen LogP contribution is -2.05. The summed E-state index contributed by atoms with van der Waals surface area (Å²) in [4.78, 5) is 22.0. The quantitative estimate of drug-likeness (QED) is 0.470. The minimum absolute atomic E-state index is 0.113. The summed E-state index contributed by atoms with van der Waals surface area (Å²) < 4.78 is 2.05. The van der Waals surface area contributed by atoms with E-state index >= 15 is 0 Å². The van der Waals surface area contributed by atoms with Crippen molar-refractivity contribution < 1.29 is 4.79 Å². The molecule has 0 saturated heterocycles. The smallest absolute Gasteiger partial charge is 0.223 e. The Balaban J connectivity index is 1.76. The average Bonchev–Trinajstić information content (AvgIpc) is 3.30. The number of amides is 1. The van der Waals surface area contributed by atoms with Crippen LogP contribution in [-0.4, -0.2) is 32.7 Å². The first kappa shape index (κ1) is 20.4. The van der Waals surface area contributed by atoms with E-state index < -0.39 is 0 Å². The van der Waals surface area contributed by atoms with Crippen molar-refractivity contribution in [2.24, 2.45) is 0 Å². The number of hydrogen-bond acceptors (Lipinski definition) is 6. The van der Waals surface area contributed by atoms with Gasteiger partial charge in [0.1, 0.15) is 5.82 Å². The standard InChI is InChI=1S/C24H24N6OS/c1-14-7-4-5-10-19(14)30-22-17(21(29-30)16-11-12-20(25-3)26-13-16)8-6-9-18-23(22)32-24(28-18)27-15(2)31/h4-5,7,10-13H,6,8-9H2,1-3H3,(H,25,26)(H,27,28,31). The lowest BCUT2D eigenvalue weighted by atomic mass is 10.0. The van der Waals surface area contributed by atoms with Gasteiger partial charge in [-0.3, -0.25) is 4.79 Å². The Bertz CT molecular complexity index is 1300. The van der Waals surface area contributed by atoms with Crippen molar-refractivity contribution in [1.82, 2.24) is 19.7 Å². The van der Waals surface area contributed by atoms with Crippen LogP contribution in [0.5, 0.6) is 0 Å². The van der Waals surface area contributed by atoms with Gasteiger partial charge in [0.25, 0.3) is 0 Å². The number of para-hydroxylation sites is 1. The molecule has 32 heavy (non-hydrogen) atoms. The number of pyridine rings is 1. The molecule has 0 aliphatic heterocycles. The van der Waals surface area contributed by atoms with Crippen LogP contribution in [0.25, 0.3) is 27.5 Å². The summed E-state index contributed by atoms with van der Waals surface area (Å²) >= 11 is 1.52. The molecule has 1 aliphatic carbocycles. The normalized spacial score (nSPS) is 12.6. The third-order valence-electron chi connectivity index (χ3n) is 5.66. The third-order valence-corrected chi connectivity index (χ3v) is 6.68. The van der Waals surface area contributed by atoms with Gasteiger partial charge in [0.15, 0.2) is 5.13 Å². The van der Waals surface area contributed by atoms with Crippen molar-refractivity contribution in [3.63, 3.8) is 0 Å². The number of fused-ring (bicyclic) bond motifs is 3. The van der Waals surface area contributed by atoms with Crippen LogP contribution in [0.3, 0.4) is 0 Å². The molecular formula is C24H24N6OS. The molecule has 1 aliphatic rings. The summed E-state index contributed by atoms with van der Waals surface area (Å²) in [6, 6.07) is 12.3. The summed E-state index contributed by atoms with van der Waals surface area (Å²) in [7, 11) is 1.86. The molecule has 1 aromatic carbocycles. The molecular weight excluding hydrogens is 420 g/mol. The van der Waals surface area contributed by atoms with E-state index in [0.29, 0.717) is 5.13 Å². The minimum atomic E-state index is -0.113. The third kappa shape index (κ3) is 3.56. The lowest BCUT2D eigenvalue weighted by molar-refractivity contribution is -0.114. The first-order chi connectivity index (χ1) is 15.5. The van der Waals surface area contributed by atoms with Crippen LogP contribution in [0.4, 0.5) is 10.9 Å². The maximum absolute atomic E-state index is 11.6. The Morgan fingerprint density at radius 2 is 2.00 bits per heavy atom. The van der Waals surface area contributed by atoms with Gasteiger partial charge < -0.3 is 10.6 Å². The Hall–Kier alpha value is -3.52. The summed E-state index contributed by atoms with van der Waals surface area (Å²) in [6.45, 7) is 3.61. The molecule has 0 atom stereocenters. The molecule has 0 radical (unpaired) electrons. The molecule has 0 unspecified atom stereocenters. The molecule has 5 rings (SSSR count). The first-order valence-corrected chi connectivity index (χ1v) is 11.5. The van der Waals surface area contributed by atoms with Crippen LogP contribution < -0.4 is 10.6 Å². The number of nitrogens with one attached hydrogen (secondary N) is 2. The van der Waals surface area contributed by atoms with E-state index in [2.05, 4.69) is 40.7 Å². The number of anilines is 2. The van der Waals surface area contributed by atoms with Gasteiger partial charge >= 0.3 is 0 Å². The van der Waals surface area contributed by atoms with E-state index in [1.807, 2.05) is 36.1 Å². The summed E-state index contributed by atoms with van der Waals surface area (Å²) in [5.74, 6) is 0.709. The number of carbonyl (C=O) groups excluding carboxylic acids is 1. The Kier molecular flexibility index (Phi) is 5.22. The number of thiazole rings is 1. The zero-order valence-electron chi connectivity index (χ0n) is 18.3. The zero-order valence-corrected chi connectivity index (χ0v) is 19.1. The summed E-state index contributed by atoms with van der Waals surface area (Å²) in [5.41, 5.74) is 7.39. The molecule has 0 saturated carbocycles. The molecule has 1 amide bonds. The molecule has 4 aromatic rings. The van der Waals surface area contributed by atoms with Gasteiger partial charge in [-0.2, -0.15) is 5.10 Å². The fourth-order valence-electron chi connectivity index (χ4n) is 4.15. The Morgan fingerprint density at radius 3 is 2.72 bits per heavy atom. The molecule has 3 heterocycles. The highest BCUT2D eigenvalue weighted by atomic mass is 32.1. The van der Waals surface area contributed by atoms with Crippen molar-refractivity contribution in [2.75, 3.05) is 17.7 Å². The van der Waals surface area contributed by atoms with Crippen LogP contribution in [0.2, 0.25) is 0 Å². The second-order valence-electron chi connectivity index (χ2n) is 7.89.